The van der Waals surface area contributed by atoms with Gasteiger partial charge in [-0.25, -0.2) is 24.0 Å². The highest BCUT2D eigenvalue weighted by molar-refractivity contribution is 5.91. The monoisotopic (exact) mass is 949 g/mol. The Morgan fingerprint density at radius 1 is 0.507 bits per heavy atom. The van der Waals surface area contributed by atoms with Crippen molar-refractivity contribution >= 4 is 35.8 Å². The van der Waals surface area contributed by atoms with E-state index in [1.54, 1.807) is 72.8 Å². The number of unbranched alkanes of at least 4 members (excludes halogenated alkanes) is 14. The van der Waals surface area contributed by atoms with E-state index in [0.29, 0.717) is 6.42 Å². The van der Waals surface area contributed by atoms with Crippen LogP contribution in [0.5, 0.6) is 0 Å². The number of rotatable bonds is 30. The summed E-state index contributed by atoms with van der Waals surface area (Å²) in [6.45, 7) is 0.935. The van der Waals surface area contributed by atoms with Gasteiger partial charge in [-0.2, -0.15) is 0 Å². The molecule has 0 saturated carbocycles. The third kappa shape index (κ3) is 18.6. The zero-order valence-electron chi connectivity index (χ0n) is 39.6. The second kappa shape index (κ2) is 30.2. The summed E-state index contributed by atoms with van der Waals surface area (Å²) in [5, 5.41) is 12.8. The lowest BCUT2D eigenvalue weighted by Crippen LogP contribution is -2.63. The SMILES string of the molecule is CCCCCCCCCCCCCCCCCC(=O)NC(COC1O[C@H](COC(=O)c2ccccc2)[C@H](OC(=O)c2ccccc2)[C@H](OC(=O)c2ccccc2)[C@H]1OC(=O)c1ccccc1)C(=O)O. The van der Waals surface area contributed by atoms with E-state index in [4.69, 9.17) is 28.4 Å². The number of carbonyl (C=O) groups excluding carboxylic acids is 5. The molecule has 69 heavy (non-hydrogen) atoms. The van der Waals surface area contributed by atoms with E-state index in [1.165, 1.54) is 113 Å². The van der Waals surface area contributed by atoms with Crippen LogP contribution in [-0.2, 0) is 38.0 Å². The Bertz CT molecular complexity index is 2160. The summed E-state index contributed by atoms with van der Waals surface area (Å²) in [6, 6.07) is 30.2. The molecule has 1 heterocycles. The molecular weight excluding hydrogens is 883 g/mol. The van der Waals surface area contributed by atoms with Crippen molar-refractivity contribution in [2.45, 2.75) is 146 Å². The molecule has 370 valence electrons. The van der Waals surface area contributed by atoms with E-state index in [0.717, 1.165) is 25.7 Å². The van der Waals surface area contributed by atoms with Crippen molar-refractivity contribution in [1.82, 2.24) is 5.32 Å². The van der Waals surface area contributed by atoms with Gasteiger partial charge in [0.2, 0.25) is 5.91 Å². The number of nitrogens with one attached hydrogen (secondary N) is 1. The first-order valence-corrected chi connectivity index (χ1v) is 24.4. The number of benzene rings is 4. The lowest BCUT2D eigenvalue weighted by atomic mass is 9.97. The Hall–Kier alpha value is -6.38. The van der Waals surface area contributed by atoms with Crippen LogP contribution in [0, 0.1) is 0 Å². The van der Waals surface area contributed by atoms with E-state index in [1.807, 2.05) is 0 Å². The molecule has 14 nitrogen and oxygen atoms in total. The van der Waals surface area contributed by atoms with E-state index >= 15 is 0 Å². The van der Waals surface area contributed by atoms with E-state index in [2.05, 4.69) is 12.2 Å². The molecule has 0 aliphatic carbocycles. The van der Waals surface area contributed by atoms with Crippen molar-refractivity contribution in [1.29, 1.82) is 0 Å². The van der Waals surface area contributed by atoms with E-state index < -0.39 is 85.7 Å². The minimum atomic E-state index is -1.74. The third-order valence-electron chi connectivity index (χ3n) is 11.8. The molecule has 1 aliphatic heterocycles. The Morgan fingerprint density at radius 2 is 0.884 bits per heavy atom. The van der Waals surface area contributed by atoms with Crippen molar-refractivity contribution in [3.8, 4) is 0 Å². The van der Waals surface area contributed by atoms with Crippen LogP contribution in [-0.4, -0.2) is 90.8 Å². The number of carboxylic acids is 1. The molecular formula is C55H67NO13. The molecule has 5 rings (SSSR count). The molecule has 0 bridgehead atoms. The maximum Gasteiger partial charge on any atom is 0.338 e. The molecule has 0 aromatic heterocycles. The maximum absolute atomic E-state index is 13.9. The maximum atomic E-state index is 13.9. The molecule has 0 radical (unpaired) electrons. The lowest BCUT2D eigenvalue weighted by Gasteiger charge is -2.44. The predicted molar refractivity (Wildman–Crippen MR) is 257 cm³/mol. The molecule has 1 amide bonds. The summed E-state index contributed by atoms with van der Waals surface area (Å²) >= 11 is 0. The fourth-order valence-electron chi connectivity index (χ4n) is 7.95. The van der Waals surface area contributed by atoms with Gasteiger partial charge in [0, 0.05) is 6.42 Å². The number of esters is 4. The van der Waals surface area contributed by atoms with Crippen molar-refractivity contribution in [3.63, 3.8) is 0 Å². The van der Waals surface area contributed by atoms with Crippen molar-refractivity contribution in [3.05, 3.63) is 144 Å². The summed E-state index contributed by atoms with van der Waals surface area (Å²) in [5.41, 5.74) is 0.504. The third-order valence-corrected chi connectivity index (χ3v) is 11.8. The Kier molecular flexibility index (Phi) is 23.4. The molecule has 1 saturated heterocycles. The standard InChI is InChI=1S/C55H67NO13/c1-2-3-4-5-6-7-8-9-10-11-12-13-14-15-28-37-46(57)56-44(50(58)59)38-65-55-49(69-54(63)43-35-26-19-27-36-43)48(68-53(62)42-33-24-18-25-34-42)47(67-52(61)41-31-22-17-23-32-41)45(66-55)39-64-51(60)40-29-20-16-21-30-40/h16-27,29-36,44-45,47-49,55H,2-15,28,37-39H2,1H3,(H,56,57)(H,58,59)/t44?,45-,47+,48+,49-,55?/m1/s1. The van der Waals surface area contributed by atoms with Gasteiger partial charge in [0.25, 0.3) is 0 Å². The van der Waals surface area contributed by atoms with Crippen LogP contribution in [0.1, 0.15) is 151 Å². The smallest absolute Gasteiger partial charge is 0.338 e. The molecule has 6 atom stereocenters. The quantitative estimate of drug-likeness (QED) is 0.0286. The number of amides is 1. The zero-order chi connectivity index (χ0) is 49.1. The largest absolute Gasteiger partial charge is 0.480 e. The first kappa shape index (κ1) is 53.6. The van der Waals surface area contributed by atoms with Crippen LogP contribution in [0.4, 0.5) is 0 Å². The topological polar surface area (TPSA) is 190 Å². The van der Waals surface area contributed by atoms with Gasteiger partial charge in [0.05, 0.1) is 28.9 Å². The summed E-state index contributed by atoms with van der Waals surface area (Å²) in [5.74, 6) is -5.36. The first-order chi connectivity index (χ1) is 33.6. The highest BCUT2D eigenvalue weighted by Crippen LogP contribution is 2.32. The lowest BCUT2D eigenvalue weighted by molar-refractivity contribution is -0.299. The van der Waals surface area contributed by atoms with Gasteiger partial charge in [-0.15, -0.1) is 0 Å². The molecule has 2 unspecified atom stereocenters. The number of hydrogen-bond acceptors (Lipinski definition) is 12. The number of hydrogen-bond donors (Lipinski definition) is 2. The molecule has 14 heteroatoms. The van der Waals surface area contributed by atoms with Gasteiger partial charge >= 0.3 is 29.8 Å². The average molecular weight is 950 g/mol. The van der Waals surface area contributed by atoms with Crippen LogP contribution in [0.2, 0.25) is 0 Å². The van der Waals surface area contributed by atoms with E-state index in [9.17, 15) is 33.9 Å². The number of carbonyl (C=O) groups is 6. The molecule has 4 aromatic rings. The molecule has 4 aromatic carbocycles. The van der Waals surface area contributed by atoms with Crippen LogP contribution in [0.15, 0.2) is 121 Å². The minimum absolute atomic E-state index is 0.0932. The normalized spacial score (nSPS) is 18.0. The van der Waals surface area contributed by atoms with Gasteiger partial charge in [0.1, 0.15) is 12.7 Å². The first-order valence-electron chi connectivity index (χ1n) is 24.4. The van der Waals surface area contributed by atoms with E-state index in [-0.39, 0.29) is 28.7 Å². The molecule has 1 fully saturated rings. The van der Waals surface area contributed by atoms with Gasteiger partial charge in [-0.3, -0.25) is 4.79 Å². The second-order valence-corrected chi connectivity index (χ2v) is 17.2. The number of ether oxygens (including phenoxy) is 6. The predicted octanol–water partition coefficient (Wildman–Crippen LogP) is 10.1. The van der Waals surface area contributed by atoms with Gasteiger partial charge in [-0.1, -0.05) is 170 Å². The highest BCUT2D eigenvalue weighted by Gasteiger charge is 2.54. The Balaban J connectivity index is 1.30. The van der Waals surface area contributed by atoms with Crippen molar-refractivity contribution in [2.24, 2.45) is 0 Å². The molecule has 0 spiro atoms. The fourth-order valence-corrected chi connectivity index (χ4v) is 7.95. The van der Waals surface area contributed by atoms with Crippen LogP contribution < -0.4 is 5.32 Å². The molecule has 2 N–H and O–H groups in total. The fraction of sp³-hybridized carbons (Fsp3) is 0.455. The highest BCUT2D eigenvalue weighted by atomic mass is 16.7. The average Bonchev–Trinajstić information content (AvgIpc) is 3.37. The zero-order valence-corrected chi connectivity index (χ0v) is 39.6. The van der Waals surface area contributed by atoms with Crippen LogP contribution >= 0.6 is 0 Å². The van der Waals surface area contributed by atoms with Gasteiger partial charge < -0.3 is 38.8 Å². The Labute approximate surface area is 405 Å². The Morgan fingerprint density at radius 3 is 1.30 bits per heavy atom. The number of aliphatic carboxylic acids is 1. The summed E-state index contributed by atoms with van der Waals surface area (Å²) in [7, 11) is 0. The summed E-state index contributed by atoms with van der Waals surface area (Å²) in [4.78, 5) is 80.5. The van der Waals surface area contributed by atoms with Crippen molar-refractivity contribution < 1.29 is 62.3 Å². The van der Waals surface area contributed by atoms with Crippen molar-refractivity contribution in [2.75, 3.05) is 13.2 Å². The van der Waals surface area contributed by atoms with Gasteiger partial charge in [0.15, 0.2) is 30.6 Å². The number of carboxylic acid groups (broad SMARTS) is 1. The second-order valence-electron chi connectivity index (χ2n) is 17.2. The minimum Gasteiger partial charge on any atom is -0.480 e. The molecule has 1 aliphatic rings. The summed E-state index contributed by atoms with van der Waals surface area (Å²) < 4.78 is 36.2. The summed E-state index contributed by atoms with van der Waals surface area (Å²) in [6.07, 6.45) is 9.34. The van der Waals surface area contributed by atoms with Crippen LogP contribution in [0.3, 0.4) is 0 Å². The van der Waals surface area contributed by atoms with Crippen LogP contribution in [0.25, 0.3) is 0 Å². The van der Waals surface area contributed by atoms with Gasteiger partial charge in [-0.05, 0) is 55.0 Å².